The van der Waals surface area contributed by atoms with Crippen LogP contribution < -0.4 is 5.73 Å². The van der Waals surface area contributed by atoms with Crippen molar-refractivity contribution in [3.63, 3.8) is 0 Å². The highest BCUT2D eigenvalue weighted by Crippen LogP contribution is 2.24. The van der Waals surface area contributed by atoms with Gasteiger partial charge < -0.3 is 5.73 Å². The Morgan fingerprint density at radius 3 is 2.55 bits per heavy atom. The number of hydrogen-bond acceptors (Lipinski definition) is 4. The van der Waals surface area contributed by atoms with Gasteiger partial charge in [-0.3, -0.25) is 9.80 Å². The summed E-state index contributed by atoms with van der Waals surface area (Å²) in [6, 6.07) is 6.48. The van der Waals surface area contributed by atoms with E-state index in [1.54, 1.807) is 6.07 Å². The van der Waals surface area contributed by atoms with Crippen molar-refractivity contribution in [2.24, 2.45) is 0 Å². The van der Waals surface area contributed by atoms with Crippen LogP contribution in [0, 0.1) is 18.3 Å². The van der Waals surface area contributed by atoms with E-state index in [-0.39, 0.29) is 5.54 Å². The first-order valence-electron chi connectivity index (χ1n) is 8.00. The lowest BCUT2D eigenvalue weighted by atomic mass is 9.99. The summed E-state index contributed by atoms with van der Waals surface area (Å²) in [7, 11) is 0. The molecule has 0 aromatic heterocycles. The van der Waals surface area contributed by atoms with Gasteiger partial charge in [0, 0.05) is 43.4 Å². The monoisotopic (exact) mass is 300 g/mol. The second-order valence-corrected chi connectivity index (χ2v) is 7.41. The maximum atomic E-state index is 9.12. The predicted octanol–water partition coefficient (Wildman–Crippen LogP) is 2.75. The lowest BCUT2D eigenvalue weighted by Crippen LogP contribution is -2.57. The fraction of sp³-hybridized carbons (Fsp3) is 0.611. The van der Waals surface area contributed by atoms with E-state index in [2.05, 4.69) is 43.6 Å². The highest BCUT2D eigenvalue weighted by atomic mass is 15.3. The fourth-order valence-corrected chi connectivity index (χ4v) is 3.44. The van der Waals surface area contributed by atoms with E-state index in [1.807, 2.05) is 13.0 Å². The Kier molecular flexibility index (Phi) is 4.79. The number of nitrogen functional groups attached to an aromatic ring is 1. The summed E-state index contributed by atoms with van der Waals surface area (Å²) in [6.45, 7) is 15.2. The molecule has 1 aliphatic rings. The number of nitriles is 1. The van der Waals surface area contributed by atoms with E-state index < -0.39 is 0 Å². The van der Waals surface area contributed by atoms with Crippen molar-refractivity contribution in [2.75, 3.05) is 25.4 Å². The van der Waals surface area contributed by atoms with Crippen LogP contribution in [0.25, 0.3) is 0 Å². The zero-order chi connectivity index (χ0) is 16.5. The molecule has 1 aromatic carbocycles. The highest BCUT2D eigenvalue weighted by molar-refractivity contribution is 5.55. The molecule has 0 unspecified atom stereocenters. The van der Waals surface area contributed by atoms with Crippen molar-refractivity contribution in [1.82, 2.24) is 9.80 Å². The van der Waals surface area contributed by atoms with Gasteiger partial charge in [0.05, 0.1) is 11.6 Å². The second-order valence-electron chi connectivity index (χ2n) is 7.41. The van der Waals surface area contributed by atoms with Crippen molar-refractivity contribution in [3.05, 3.63) is 28.8 Å². The first-order chi connectivity index (χ1) is 10.2. The summed E-state index contributed by atoms with van der Waals surface area (Å²) in [5.74, 6) is 0. The minimum atomic E-state index is 0.215. The molecule has 2 N–H and O–H groups in total. The van der Waals surface area contributed by atoms with Crippen molar-refractivity contribution in [2.45, 2.75) is 52.7 Å². The minimum absolute atomic E-state index is 0.215. The average Bonchev–Trinajstić information content (AvgIpc) is 2.42. The number of hydrogen-bond donors (Lipinski definition) is 1. The Balaban J connectivity index is 2.11. The Morgan fingerprint density at radius 1 is 1.32 bits per heavy atom. The van der Waals surface area contributed by atoms with Crippen LogP contribution in [0.1, 0.15) is 44.4 Å². The van der Waals surface area contributed by atoms with Crippen LogP contribution in [0.4, 0.5) is 5.69 Å². The van der Waals surface area contributed by atoms with Gasteiger partial charge in [0.25, 0.3) is 0 Å². The summed E-state index contributed by atoms with van der Waals surface area (Å²) >= 11 is 0. The molecule has 1 saturated heterocycles. The van der Waals surface area contributed by atoms with Gasteiger partial charge in [-0.2, -0.15) is 5.26 Å². The van der Waals surface area contributed by atoms with Crippen LogP contribution in [0.5, 0.6) is 0 Å². The number of nitrogens with zero attached hydrogens (tertiary/aromatic N) is 3. The van der Waals surface area contributed by atoms with Crippen molar-refractivity contribution < 1.29 is 0 Å². The maximum Gasteiger partial charge on any atom is 0.0992 e. The van der Waals surface area contributed by atoms with Gasteiger partial charge in [-0.1, -0.05) is 0 Å². The first kappa shape index (κ1) is 16.8. The third kappa shape index (κ3) is 3.60. The summed E-state index contributed by atoms with van der Waals surface area (Å²) in [5.41, 5.74) is 9.89. The molecular formula is C18H28N4. The molecule has 0 aliphatic carbocycles. The molecule has 0 spiro atoms. The van der Waals surface area contributed by atoms with Crippen LogP contribution in [0.2, 0.25) is 0 Å². The Morgan fingerprint density at radius 2 is 2.00 bits per heavy atom. The lowest BCUT2D eigenvalue weighted by Gasteiger charge is -2.47. The van der Waals surface area contributed by atoms with E-state index in [4.69, 9.17) is 11.0 Å². The van der Waals surface area contributed by atoms with Gasteiger partial charge in [-0.15, -0.1) is 0 Å². The quantitative estimate of drug-likeness (QED) is 0.853. The molecule has 4 heteroatoms. The lowest BCUT2D eigenvalue weighted by molar-refractivity contribution is 0.0151. The van der Waals surface area contributed by atoms with Crippen LogP contribution >= 0.6 is 0 Å². The zero-order valence-electron chi connectivity index (χ0n) is 14.5. The Hall–Kier alpha value is -1.57. The van der Waals surface area contributed by atoms with Gasteiger partial charge in [0.15, 0.2) is 0 Å². The third-order valence-electron chi connectivity index (χ3n) is 4.65. The van der Waals surface area contributed by atoms with Gasteiger partial charge in [-0.05, 0) is 57.9 Å². The molecule has 0 bridgehead atoms. The number of benzene rings is 1. The van der Waals surface area contributed by atoms with Gasteiger partial charge in [0.2, 0.25) is 0 Å². The maximum absolute atomic E-state index is 9.12. The molecule has 1 fully saturated rings. The Bertz CT molecular complexity index is 580. The largest absolute Gasteiger partial charge is 0.398 e. The first-order valence-corrected chi connectivity index (χ1v) is 8.00. The highest BCUT2D eigenvalue weighted by Gasteiger charge is 2.31. The summed E-state index contributed by atoms with van der Waals surface area (Å²) in [4.78, 5) is 5.03. The van der Waals surface area contributed by atoms with Crippen LogP contribution in [-0.4, -0.2) is 41.0 Å². The average molecular weight is 300 g/mol. The SMILES string of the molecule is Cc1c(N)cc(C#N)cc1CN1CCN(C(C)(C)C)[C@@H](C)C1. The number of piperazine rings is 1. The summed E-state index contributed by atoms with van der Waals surface area (Å²) in [6.07, 6.45) is 0. The molecule has 0 amide bonds. The molecule has 1 heterocycles. The van der Waals surface area contributed by atoms with Crippen LogP contribution in [0.3, 0.4) is 0 Å². The second kappa shape index (κ2) is 6.28. The molecule has 0 radical (unpaired) electrons. The van der Waals surface area contributed by atoms with Crippen molar-refractivity contribution in [3.8, 4) is 6.07 Å². The van der Waals surface area contributed by atoms with E-state index in [0.717, 1.165) is 37.4 Å². The third-order valence-corrected chi connectivity index (χ3v) is 4.65. The van der Waals surface area contributed by atoms with Crippen LogP contribution in [0.15, 0.2) is 12.1 Å². The molecule has 22 heavy (non-hydrogen) atoms. The summed E-state index contributed by atoms with van der Waals surface area (Å²) in [5, 5.41) is 9.12. The molecule has 1 aromatic rings. The molecular weight excluding hydrogens is 272 g/mol. The smallest absolute Gasteiger partial charge is 0.0992 e. The molecule has 2 rings (SSSR count). The zero-order valence-corrected chi connectivity index (χ0v) is 14.5. The molecule has 120 valence electrons. The van der Waals surface area contributed by atoms with Crippen molar-refractivity contribution in [1.29, 1.82) is 5.26 Å². The normalized spacial score (nSPS) is 20.8. The minimum Gasteiger partial charge on any atom is -0.398 e. The predicted molar refractivity (Wildman–Crippen MR) is 91.5 cm³/mol. The van der Waals surface area contributed by atoms with E-state index >= 15 is 0 Å². The van der Waals surface area contributed by atoms with Crippen molar-refractivity contribution >= 4 is 5.69 Å². The molecule has 0 saturated carbocycles. The molecule has 4 nitrogen and oxygen atoms in total. The van der Waals surface area contributed by atoms with Gasteiger partial charge >= 0.3 is 0 Å². The van der Waals surface area contributed by atoms with E-state index in [9.17, 15) is 0 Å². The molecule has 1 aliphatic heterocycles. The number of rotatable bonds is 2. The fourth-order valence-electron chi connectivity index (χ4n) is 3.44. The summed E-state index contributed by atoms with van der Waals surface area (Å²) < 4.78 is 0. The van der Waals surface area contributed by atoms with Crippen LogP contribution in [-0.2, 0) is 6.54 Å². The topological polar surface area (TPSA) is 56.3 Å². The van der Waals surface area contributed by atoms with E-state index in [1.165, 1.54) is 5.56 Å². The standard InChI is InChI=1S/C18H28N4/c1-13-11-21(6-7-22(13)18(3,4)5)12-16-8-15(10-19)9-17(20)14(16)2/h8-9,13H,6-7,11-12,20H2,1-5H3/t13-/m0/s1. The number of anilines is 1. The molecule has 1 atom stereocenters. The Labute approximate surface area is 134 Å². The van der Waals surface area contributed by atoms with E-state index in [0.29, 0.717) is 11.6 Å². The van der Waals surface area contributed by atoms with Gasteiger partial charge in [0.1, 0.15) is 0 Å². The van der Waals surface area contributed by atoms with Gasteiger partial charge in [-0.25, -0.2) is 0 Å². The number of nitrogens with two attached hydrogens (primary N) is 1.